The van der Waals surface area contributed by atoms with Crippen molar-refractivity contribution < 1.29 is 11.3 Å². The molecule has 0 spiro atoms. The van der Waals surface area contributed by atoms with Crippen LogP contribution in [0.25, 0.3) is 16.6 Å². The topological polar surface area (TPSA) is 80.2 Å². The van der Waals surface area contributed by atoms with Gasteiger partial charge in [-0.2, -0.15) is 0 Å². The van der Waals surface area contributed by atoms with Crippen LogP contribution >= 0.6 is 0 Å². The fraction of sp³-hybridized carbons (Fsp3) is 0.261. The first-order chi connectivity index (χ1) is 13.9. The molecule has 1 aliphatic carbocycles. The third kappa shape index (κ3) is 3.98. The molecule has 150 valence electrons. The molecule has 0 amide bonds. The molecule has 2 aromatic carbocycles. The number of allylic oxidation sites excluding steroid dienone is 2. The summed E-state index contributed by atoms with van der Waals surface area (Å²) in [5, 5.41) is 22.0. The Balaban J connectivity index is 0.00000256. The van der Waals surface area contributed by atoms with E-state index in [2.05, 4.69) is 45.6 Å². The van der Waals surface area contributed by atoms with E-state index in [9.17, 15) is 5.11 Å². The van der Waals surface area contributed by atoms with Crippen molar-refractivity contribution in [2.45, 2.75) is 33.3 Å². The van der Waals surface area contributed by atoms with Gasteiger partial charge in [0.05, 0.1) is 17.4 Å². The van der Waals surface area contributed by atoms with Crippen LogP contribution in [0.15, 0.2) is 48.2 Å². The molecule has 1 unspecified atom stereocenters. The van der Waals surface area contributed by atoms with Gasteiger partial charge in [-0.05, 0) is 78.9 Å². The van der Waals surface area contributed by atoms with Crippen molar-refractivity contribution in [3.63, 3.8) is 0 Å². The van der Waals surface area contributed by atoms with E-state index >= 15 is 0 Å². The Kier molecular flexibility index (Phi) is 5.03. The summed E-state index contributed by atoms with van der Waals surface area (Å²) in [5.41, 5.74) is 7.61. The highest BCUT2D eigenvalue weighted by molar-refractivity contribution is 5.86. The molecule has 29 heavy (non-hydrogen) atoms. The zero-order valence-electron chi connectivity index (χ0n) is 17.0. The first-order valence-corrected chi connectivity index (χ1v) is 9.57. The molecule has 0 radical (unpaired) electrons. The van der Waals surface area contributed by atoms with E-state index in [4.69, 9.17) is 4.74 Å². The number of nitrogens with one attached hydrogen (secondary N) is 1. The maximum atomic E-state index is 10.0. The highest BCUT2D eigenvalue weighted by Crippen LogP contribution is 2.29. The Bertz CT molecular complexity index is 1160. The van der Waals surface area contributed by atoms with Crippen LogP contribution < -0.4 is 5.32 Å². The number of rotatable bonds is 4. The van der Waals surface area contributed by atoms with Crippen molar-refractivity contribution in [1.29, 1.82) is 0 Å². The molecule has 0 saturated carbocycles. The molecule has 1 aromatic heterocycles. The van der Waals surface area contributed by atoms with Crippen molar-refractivity contribution in [2.75, 3.05) is 12.4 Å². The zero-order valence-corrected chi connectivity index (χ0v) is 17.0. The molecule has 2 N–H and O–H groups in total. The van der Waals surface area contributed by atoms with Gasteiger partial charge in [-0.3, -0.25) is 0 Å². The summed E-state index contributed by atoms with van der Waals surface area (Å²) in [4.78, 5) is 4.68. The largest absolute Gasteiger partial charge is 0.512 e. The Morgan fingerprint density at radius 3 is 2.72 bits per heavy atom. The smallest absolute Gasteiger partial charge is 0.247 e. The lowest BCUT2D eigenvalue weighted by atomic mass is 9.95. The molecule has 1 atom stereocenters. The average molecular weight is 390 g/mol. The lowest BCUT2D eigenvalue weighted by Gasteiger charge is -2.18. The monoisotopic (exact) mass is 390 g/mol. The predicted octanol–water partition coefficient (Wildman–Crippen LogP) is 5.18. The van der Waals surface area contributed by atoms with Gasteiger partial charge >= 0.3 is 0 Å². The van der Waals surface area contributed by atoms with Gasteiger partial charge in [-0.15, -0.1) is 10.2 Å². The van der Waals surface area contributed by atoms with Crippen LogP contribution in [0.2, 0.25) is 0 Å². The number of benzene rings is 2. The molecular formula is C23H26N4O2. The van der Waals surface area contributed by atoms with Crippen LogP contribution in [0.5, 0.6) is 0 Å². The fourth-order valence-electron chi connectivity index (χ4n) is 3.51. The van der Waals surface area contributed by atoms with E-state index < -0.39 is 0 Å². The number of aliphatic hydroxyl groups excluding tert-OH is 1. The van der Waals surface area contributed by atoms with E-state index in [1.54, 1.807) is 13.2 Å². The maximum absolute atomic E-state index is 10.0. The minimum atomic E-state index is -0.139. The molecule has 1 heterocycles. The second-order valence-electron chi connectivity index (χ2n) is 7.48. The van der Waals surface area contributed by atoms with Crippen molar-refractivity contribution in [3.8, 4) is 0 Å². The zero-order chi connectivity index (χ0) is 20.5. The van der Waals surface area contributed by atoms with E-state index in [1.807, 2.05) is 32.1 Å². The Morgan fingerprint density at radius 1 is 1.10 bits per heavy atom. The summed E-state index contributed by atoms with van der Waals surface area (Å²) in [6.07, 6.45) is 4.13. The maximum Gasteiger partial charge on any atom is 0.247 e. The molecule has 4 rings (SSSR count). The Morgan fingerprint density at radius 2 is 1.93 bits per heavy atom. The first kappa shape index (κ1) is 19.1. The van der Waals surface area contributed by atoms with Crippen LogP contribution in [0.4, 0.5) is 11.6 Å². The molecule has 0 saturated heterocycles. The van der Waals surface area contributed by atoms with Gasteiger partial charge in [0, 0.05) is 20.6 Å². The number of nitrogens with zero attached hydrogens (tertiary/aromatic N) is 3. The number of methoxy groups -OCH3 is 1. The normalized spacial score (nSPS) is 16.5. The molecule has 1 aliphatic rings. The van der Waals surface area contributed by atoms with Crippen molar-refractivity contribution in [3.05, 3.63) is 70.5 Å². The average Bonchev–Trinajstić information content (AvgIpc) is 2.70. The van der Waals surface area contributed by atoms with Gasteiger partial charge in [0.15, 0.2) is 0 Å². The van der Waals surface area contributed by atoms with Gasteiger partial charge in [0.25, 0.3) is 0 Å². The molecular weight excluding hydrogens is 364 g/mol. The first-order valence-electron chi connectivity index (χ1n) is 9.57. The van der Waals surface area contributed by atoms with Crippen molar-refractivity contribution >= 4 is 28.2 Å². The third-order valence-electron chi connectivity index (χ3n) is 5.12. The molecule has 6 nitrogen and oxygen atoms in total. The van der Waals surface area contributed by atoms with Crippen LogP contribution in [-0.4, -0.2) is 33.5 Å². The second-order valence-corrected chi connectivity index (χ2v) is 7.48. The van der Waals surface area contributed by atoms with Crippen molar-refractivity contribution in [2.24, 2.45) is 0 Å². The number of ether oxygens (including phenoxy) is 1. The second kappa shape index (κ2) is 7.64. The highest BCUT2D eigenvalue weighted by atomic mass is 16.5. The number of hydrogen-bond donors (Lipinski definition) is 2. The van der Waals surface area contributed by atoms with Crippen LogP contribution in [0.3, 0.4) is 0 Å². The van der Waals surface area contributed by atoms with Crippen LogP contribution in [-0.2, 0) is 4.74 Å². The Hall–Kier alpha value is -3.25. The molecule has 0 fully saturated rings. The summed E-state index contributed by atoms with van der Waals surface area (Å²) < 4.78 is 5.40. The van der Waals surface area contributed by atoms with E-state index in [1.165, 1.54) is 5.56 Å². The number of aliphatic hydroxyl groups is 1. The van der Waals surface area contributed by atoms with Gasteiger partial charge in [-0.1, -0.05) is 12.1 Å². The fourth-order valence-corrected chi connectivity index (χ4v) is 3.51. The van der Waals surface area contributed by atoms with Gasteiger partial charge < -0.3 is 15.2 Å². The molecule has 6 heteroatoms. The van der Waals surface area contributed by atoms with Gasteiger partial charge in [0.2, 0.25) is 5.95 Å². The van der Waals surface area contributed by atoms with E-state index in [-0.39, 0.29) is 7.53 Å². The lowest BCUT2D eigenvalue weighted by Crippen LogP contribution is -2.12. The van der Waals surface area contributed by atoms with E-state index in [0.29, 0.717) is 23.6 Å². The van der Waals surface area contributed by atoms with Gasteiger partial charge in [-0.25, -0.2) is 4.98 Å². The number of anilines is 2. The van der Waals surface area contributed by atoms with E-state index in [0.717, 1.165) is 33.5 Å². The quantitative estimate of drug-likeness (QED) is 0.639. The predicted molar refractivity (Wildman–Crippen MR) is 117 cm³/mol. The number of hydrogen-bond acceptors (Lipinski definition) is 6. The number of aromatic nitrogens is 3. The van der Waals surface area contributed by atoms with Crippen molar-refractivity contribution in [1.82, 2.24) is 15.2 Å². The number of fused-ring (bicyclic) bond motifs is 1. The number of aryl methyl sites for hydroxylation is 3. The van der Waals surface area contributed by atoms with Gasteiger partial charge in [0.1, 0.15) is 5.52 Å². The summed E-state index contributed by atoms with van der Waals surface area (Å²) in [6, 6.07) is 10.2. The highest BCUT2D eigenvalue weighted by Gasteiger charge is 2.17. The van der Waals surface area contributed by atoms with Crippen LogP contribution in [0.1, 0.15) is 30.1 Å². The SMILES string of the molecule is COC1C=C(c2cc(C)c3nc(Nc4cc(C)ccc4C)nnc3c2)C=C(O)C1.[HH]. The Labute approximate surface area is 171 Å². The minimum absolute atomic E-state index is 0. The summed E-state index contributed by atoms with van der Waals surface area (Å²) in [7, 11) is 1.64. The van der Waals surface area contributed by atoms with Crippen LogP contribution in [0, 0.1) is 20.8 Å². The molecule has 0 aliphatic heterocycles. The standard InChI is InChI=1S/C23H24N4O2.H2/c1-13-5-6-14(2)20(7-13)24-23-25-22-15(3)8-16(11-21(22)26-27-23)17-9-18(28)12-19(10-17)29-4;/h5-11,19,28H,12H2,1-4H3,(H,24,25,27);1H. The summed E-state index contributed by atoms with van der Waals surface area (Å²) >= 11 is 0. The summed E-state index contributed by atoms with van der Waals surface area (Å²) in [5.74, 6) is 0.778. The summed E-state index contributed by atoms with van der Waals surface area (Å²) in [6.45, 7) is 6.10. The molecule has 0 bridgehead atoms. The minimum Gasteiger partial charge on any atom is -0.512 e. The third-order valence-corrected chi connectivity index (χ3v) is 5.12. The lowest BCUT2D eigenvalue weighted by molar-refractivity contribution is 0.129. The molecule has 3 aromatic rings.